The Morgan fingerprint density at radius 3 is 2.47 bits per heavy atom. The SMILES string of the molecule is Cc1ccc(COC(=O)c2cccc(C)c2O)cc1. The molecule has 0 aromatic heterocycles. The first-order valence-electron chi connectivity index (χ1n) is 6.09. The highest BCUT2D eigenvalue weighted by Crippen LogP contribution is 2.22. The molecule has 0 fully saturated rings. The quantitative estimate of drug-likeness (QED) is 0.856. The Balaban J connectivity index is 2.05. The number of rotatable bonds is 3. The molecule has 1 N–H and O–H groups in total. The molecule has 0 bridgehead atoms. The van der Waals surface area contributed by atoms with Gasteiger partial charge in [-0.05, 0) is 31.0 Å². The lowest BCUT2D eigenvalue weighted by molar-refractivity contribution is 0.0469. The van der Waals surface area contributed by atoms with E-state index in [-0.39, 0.29) is 17.9 Å². The molecule has 19 heavy (non-hydrogen) atoms. The highest BCUT2D eigenvalue weighted by atomic mass is 16.5. The number of phenols is 1. The van der Waals surface area contributed by atoms with E-state index in [0.29, 0.717) is 5.56 Å². The fourth-order valence-corrected chi connectivity index (χ4v) is 1.73. The van der Waals surface area contributed by atoms with Gasteiger partial charge in [0.25, 0.3) is 0 Å². The summed E-state index contributed by atoms with van der Waals surface area (Å²) in [6, 6.07) is 12.8. The number of benzene rings is 2. The first kappa shape index (κ1) is 13.1. The third-order valence-electron chi connectivity index (χ3n) is 2.95. The lowest BCUT2D eigenvalue weighted by Gasteiger charge is -2.08. The number of hydrogen-bond donors (Lipinski definition) is 1. The van der Waals surface area contributed by atoms with E-state index in [1.165, 1.54) is 0 Å². The van der Waals surface area contributed by atoms with Crippen molar-refractivity contribution < 1.29 is 14.6 Å². The van der Waals surface area contributed by atoms with Gasteiger partial charge in [0, 0.05) is 0 Å². The molecule has 98 valence electrons. The molecule has 2 aromatic rings. The minimum absolute atomic E-state index is 0.0172. The molecule has 0 unspecified atom stereocenters. The molecule has 0 heterocycles. The number of aromatic hydroxyl groups is 1. The van der Waals surface area contributed by atoms with Gasteiger partial charge < -0.3 is 9.84 Å². The van der Waals surface area contributed by atoms with Gasteiger partial charge in [-0.15, -0.1) is 0 Å². The van der Waals surface area contributed by atoms with Crippen molar-refractivity contribution in [1.29, 1.82) is 0 Å². The molecule has 0 saturated carbocycles. The molecule has 3 nitrogen and oxygen atoms in total. The molecular weight excluding hydrogens is 240 g/mol. The summed E-state index contributed by atoms with van der Waals surface area (Å²) in [6.07, 6.45) is 0. The molecule has 0 amide bonds. The number of esters is 1. The van der Waals surface area contributed by atoms with Gasteiger partial charge in [-0.3, -0.25) is 0 Å². The van der Waals surface area contributed by atoms with Crippen molar-refractivity contribution >= 4 is 5.97 Å². The van der Waals surface area contributed by atoms with Crippen LogP contribution in [0.1, 0.15) is 27.0 Å². The molecule has 0 aliphatic carbocycles. The Bertz CT molecular complexity index is 585. The standard InChI is InChI=1S/C16H16O3/c1-11-6-8-13(9-7-11)10-19-16(18)14-5-3-4-12(2)15(14)17/h3-9,17H,10H2,1-2H3. The normalized spacial score (nSPS) is 10.2. The molecule has 2 rings (SSSR count). The molecule has 2 aromatic carbocycles. The third kappa shape index (κ3) is 3.13. The summed E-state index contributed by atoms with van der Waals surface area (Å²) in [5, 5.41) is 9.80. The first-order valence-corrected chi connectivity index (χ1v) is 6.09. The van der Waals surface area contributed by atoms with Crippen molar-refractivity contribution in [3.05, 3.63) is 64.7 Å². The number of aryl methyl sites for hydroxylation is 2. The summed E-state index contributed by atoms with van der Waals surface area (Å²) in [6.45, 7) is 3.94. The zero-order valence-electron chi connectivity index (χ0n) is 11.0. The van der Waals surface area contributed by atoms with Gasteiger partial charge in [0.2, 0.25) is 0 Å². The number of carbonyl (C=O) groups excluding carboxylic acids is 1. The maximum atomic E-state index is 11.9. The smallest absolute Gasteiger partial charge is 0.342 e. The summed E-state index contributed by atoms with van der Waals surface area (Å²) in [4.78, 5) is 11.9. The van der Waals surface area contributed by atoms with E-state index >= 15 is 0 Å². The number of ether oxygens (including phenoxy) is 1. The molecule has 0 radical (unpaired) electrons. The average molecular weight is 256 g/mol. The molecular formula is C16H16O3. The largest absolute Gasteiger partial charge is 0.507 e. The lowest BCUT2D eigenvalue weighted by Crippen LogP contribution is -2.06. The number of phenolic OH excluding ortho intramolecular Hbond substituents is 1. The van der Waals surface area contributed by atoms with Crippen LogP contribution in [0, 0.1) is 13.8 Å². The van der Waals surface area contributed by atoms with Crippen molar-refractivity contribution in [3.8, 4) is 5.75 Å². The Kier molecular flexibility index (Phi) is 3.85. The van der Waals surface area contributed by atoms with Crippen molar-refractivity contribution in [2.24, 2.45) is 0 Å². The van der Waals surface area contributed by atoms with Crippen LogP contribution >= 0.6 is 0 Å². The first-order chi connectivity index (χ1) is 9.08. The fraction of sp³-hybridized carbons (Fsp3) is 0.188. The van der Waals surface area contributed by atoms with Crippen LogP contribution in [0.5, 0.6) is 5.75 Å². The van der Waals surface area contributed by atoms with E-state index in [9.17, 15) is 9.90 Å². The van der Waals surface area contributed by atoms with Crippen molar-refractivity contribution in [1.82, 2.24) is 0 Å². The van der Waals surface area contributed by atoms with E-state index in [1.54, 1.807) is 25.1 Å². The van der Waals surface area contributed by atoms with Crippen LogP contribution in [0.4, 0.5) is 0 Å². The van der Waals surface area contributed by atoms with Crippen LogP contribution in [-0.4, -0.2) is 11.1 Å². The van der Waals surface area contributed by atoms with Gasteiger partial charge in [0.15, 0.2) is 0 Å². The van der Waals surface area contributed by atoms with Gasteiger partial charge in [0.05, 0.1) is 0 Å². The molecule has 0 aliphatic heterocycles. The van der Waals surface area contributed by atoms with Crippen molar-refractivity contribution in [2.45, 2.75) is 20.5 Å². The number of hydrogen-bond acceptors (Lipinski definition) is 3. The van der Waals surface area contributed by atoms with Crippen LogP contribution in [0.2, 0.25) is 0 Å². The van der Waals surface area contributed by atoms with E-state index in [2.05, 4.69) is 0 Å². The maximum Gasteiger partial charge on any atom is 0.342 e. The highest BCUT2D eigenvalue weighted by Gasteiger charge is 2.13. The van der Waals surface area contributed by atoms with Gasteiger partial charge in [-0.1, -0.05) is 42.0 Å². The Morgan fingerprint density at radius 1 is 1.11 bits per heavy atom. The van der Waals surface area contributed by atoms with Crippen molar-refractivity contribution in [3.63, 3.8) is 0 Å². The third-order valence-corrected chi connectivity index (χ3v) is 2.95. The summed E-state index contributed by atoms with van der Waals surface area (Å²) < 4.78 is 5.19. The van der Waals surface area contributed by atoms with E-state index in [4.69, 9.17) is 4.74 Å². The van der Waals surface area contributed by atoms with E-state index in [0.717, 1.165) is 11.1 Å². The Morgan fingerprint density at radius 2 is 1.79 bits per heavy atom. The molecule has 0 atom stereocenters. The summed E-state index contributed by atoms with van der Waals surface area (Å²) in [5.41, 5.74) is 2.94. The van der Waals surface area contributed by atoms with Gasteiger partial charge >= 0.3 is 5.97 Å². The average Bonchev–Trinajstić information content (AvgIpc) is 2.41. The Hall–Kier alpha value is -2.29. The second-order valence-corrected chi connectivity index (χ2v) is 4.53. The van der Waals surface area contributed by atoms with Gasteiger partial charge in [-0.25, -0.2) is 4.79 Å². The topological polar surface area (TPSA) is 46.5 Å². The predicted octanol–water partition coefficient (Wildman–Crippen LogP) is 3.37. The zero-order chi connectivity index (χ0) is 13.8. The summed E-state index contributed by atoms with van der Waals surface area (Å²) in [7, 11) is 0. The fourth-order valence-electron chi connectivity index (χ4n) is 1.73. The molecule has 0 saturated heterocycles. The van der Waals surface area contributed by atoms with E-state index < -0.39 is 5.97 Å². The van der Waals surface area contributed by atoms with Crippen LogP contribution in [0.25, 0.3) is 0 Å². The second-order valence-electron chi connectivity index (χ2n) is 4.53. The van der Waals surface area contributed by atoms with Crippen molar-refractivity contribution in [2.75, 3.05) is 0 Å². The number of carbonyl (C=O) groups is 1. The Labute approximate surface area is 112 Å². The lowest BCUT2D eigenvalue weighted by atomic mass is 10.1. The van der Waals surface area contributed by atoms with Gasteiger partial charge in [0.1, 0.15) is 17.9 Å². The molecule has 3 heteroatoms. The summed E-state index contributed by atoms with van der Waals surface area (Å²) >= 11 is 0. The molecule has 0 aliphatic rings. The van der Waals surface area contributed by atoms with Crippen LogP contribution in [0.3, 0.4) is 0 Å². The van der Waals surface area contributed by atoms with Crippen LogP contribution in [0.15, 0.2) is 42.5 Å². The highest BCUT2D eigenvalue weighted by molar-refractivity contribution is 5.92. The molecule has 0 spiro atoms. The number of para-hydroxylation sites is 1. The second kappa shape index (κ2) is 5.57. The monoisotopic (exact) mass is 256 g/mol. The van der Waals surface area contributed by atoms with Gasteiger partial charge in [-0.2, -0.15) is 0 Å². The maximum absolute atomic E-state index is 11.9. The van der Waals surface area contributed by atoms with Crippen LogP contribution < -0.4 is 0 Å². The zero-order valence-corrected chi connectivity index (χ0v) is 11.0. The predicted molar refractivity (Wildman–Crippen MR) is 73.1 cm³/mol. The minimum atomic E-state index is -0.512. The summed E-state index contributed by atoms with van der Waals surface area (Å²) in [5.74, 6) is -0.529. The van der Waals surface area contributed by atoms with Crippen LogP contribution in [-0.2, 0) is 11.3 Å². The van der Waals surface area contributed by atoms with E-state index in [1.807, 2.05) is 31.2 Å². The minimum Gasteiger partial charge on any atom is -0.507 e.